The number of hydrogen-bond acceptors (Lipinski definition) is 2. The van der Waals surface area contributed by atoms with Gasteiger partial charge in [0.1, 0.15) is 6.10 Å². The highest BCUT2D eigenvalue weighted by Crippen LogP contribution is 2.40. The van der Waals surface area contributed by atoms with Gasteiger partial charge in [-0.25, -0.2) is 0 Å². The molecule has 1 rings (SSSR count). The van der Waals surface area contributed by atoms with Crippen molar-refractivity contribution in [3.63, 3.8) is 0 Å². The van der Waals surface area contributed by atoms with E-state index in [0.717, 1.165) is 5.92 Å². The SMILES string of the molecule is CC(=O)OC(C)/C=C/C(C1CCCCC1)[Si](C)(C)C. The molecule has 1 saturated carbocycles. The largest absolute Gasteiger partial charge is 0.459 e. The van der Waals surface area contributed by atoms with Crippen molar-refractivity contribution in [2.75, 3.05) is 0 Å². The molecule has 0 spiro atoms. The minimum atomic E-state index is -1.21. The van der Waals surface area contributed by atoms with Crippen molar-refractivity contribution in [2.45, 2.75) is 77.2 Å². The van der Waals surface area contributed by atoms with Crippen molar-refractivity contribution in [3.8, 4) is 0 Å². The highest BCUT2D eigenvalue weighted by molar-refractivity contribution is 6.78. The van der Waals surface area contributed by atoms with Gasteiger partial charge >= 0.3 is 5.97 Å². The molecule has 1 fully saturated rings. The molecule has 1 aliphatic rings. The first kappa shape index (κ1) is 16.5. The van der Waals surface area contributed by atoms with E-state index in [1.54, 1.807) is 0 Å². The standard InChI is InChI=1S/C16H30O2Si/c1-13(18-14(2)17)11-12-16(19(3,4)5)15-9-7-6-8-10-15/h11-13,15-16H,6-10H2,1-5H3/b12-11+. The first-order valence-corrected chi connectivity index (χ1v) is 11.2. The van der Waals surface area contributed by atoms with E-state index in [0.29, 0.717) is 5.54 Å². The van der Waals surface area contributed by atoms with E-state index >= 15 is 0 Å². The average molecular weight is 282 g/mol. The summed E-state index contributed by atoms with van der Waals surface area (Å²) in [5.74, 6) is 0.653. The Hall–Kier alpha value is -0.573. The summed E-state index contributed by atoms with van der Waals surface area (Å²) in [6, 6.07) is 0. The van der Waals surface area contributed by atoms with Crippen LogP contribution in [0.5, 0.6) is 0 Å². The lowest BCUT2D eigenvalue weighted by molar-refractivity contribution is -0.143. The molecule has 2 atom stereocenters. The second-order valence-corrected chi connectivity index (χ2v) is 12.4. The second-order valence-electron chi connectivity index (χ2n) is 6.99. The van der Waals surface area contributed by atoms with Crippen LogP contribution in [0.2, 0.25) is 25.2 Å². The Morgan fingerprint density at radius 1 is 1.16 bits per heavy atom. The fourth-order valence-corrected chi connectivity index (χ4v) is 5.66. The van der Waals surface area contributed by atoms with Crippen LogP contribution in [0.3, 0.4) is 0 Å². The number of ether oxygens (including phenoxy) is 1. The molecule has 19 heavy (non-hydrogen) atoms. The predicted octanol–water partition coefficient (Wildman–Crippen LogP) is 4.78. The van der Waals surface area contributed by atoms with Crippen LogP contribution >= 0.6 is 0 Å². The van der Waals surface area contributed by atoms with Gasteiger partial charge in [-0.2, -0.15) is 0 Å². The molecule has 3 heteroatoms. The first-order chi connectivity index (χ1) is 8.80. The van der Waals surface area contributed by atoms with Crippen LogP contribution in [-0.4, -0.2) is 20.1 Å². The van der Waals surface area contributed by atoms with E-state index in [4.69, 9.17) is 4.74 Å². The average Bonchev–Trinajstić information content (AvgIpc) is 2.27. The van der Waals surface area contributed by atoms with Crippen LogP contribution in [0.4, 0.5) is 0 Å². The van der Waals surface area contributed by atoms with Crippen molar-refractivity contribution in [2.24, 2.45) is 5.92 Å². The summed E-state index contributed by atoms with van der Waals surface area (Å²) in [6.07, 6.45) is 11.3. The third-order valence-corrected chi connectivity index (χ3v) is 6.76. The van der Waals surface area contributed by atoms with Gasteiger partial charge < -0.3 is 4.74 Å². The highest BCUT2D eigenvalue weighted by atomic mass is 28.3. The van der Waals surface area contributed by atoms with Crippen LogP contribution in [0.1, 0.15) is 46.0 Å². The van der Waals surface area contributed by atoms with Crippen LogP contribution in [0, 0.1) is 5.92 Å². The van der Waals surface area contributed by atoms with Crippen molar-refractivity contribution in [3.05, 3.63) is 12.2 Å². The Morgan fingerprint density at radius 2 is 1.74 bits per heavy atom. The molecule has 0 saturated heterocycles. The normalized spacial score (nSPS) is 21.3. The summed E-state index contributed by atoms with van der Waals surface area (Å²) in [7, 11) is -1.21. The van der Waals surface area contributed by atoms with E-state index < -0.39 is 8.07 Å². The van der Waals surface area contributed by atoms with Crippen LogP contribution in [-0.2, 0) is 9.53 Å². The first-order valence-electron chi connectivity index (χ1n) is 7.66. The van der Waals surface area contributed by atoms with Gasteiger partial charge in [0.15, 0.2) is 0 Å². The van der Waals surface area contributed by atoms with Gasteiger partial charge in [0, 0.05) is 6.92 Å². The molecule has 0 amide bonds. The molecule has 0 heterocycles. The number of esters is 1. The summed E-state index contributed by atoms with van der Waals surface area (Å²) in [6.45, 7) is 10.8. The molecule has 0 aliphatic heterocycles. The maximum absolute atomic E-state index is 10.9. The van der Waals surface area contributed by atoms with Gasteiger partial charge in [0.25, 0.3) is 0 Å². The van der Waals surface area contributed by atoms with Crippen molar-refractivity contribution < 1.29 is 9.53 Å². The van der Waals surface area contributed by atoms with Gasteiger partial charge in [-0.1, -0.05) is 57.8 Å². The minimum absolute atomic E-state index is 0.0973. The molecular weight excluding hydrogens is 252 g/mol. The third-order valence-electron chi connectivity index (χ3n) is 4.10. The molecule has 1 aliphatic carbocycles. The number of allylic oxidation sites excluding steroid dienone is 1. The number of rotatable bonds is 5. The topological polar surface area (TPSA) is 26.3 Å². The molecule has 110 valence electrons. The molecule has 2 unspecified atom stereocenters. The van der Waals surface area contributed by atoms with Gasteiger partial charge in [-0.3, -0.25) is 4.79 Å². The molecule has 2 nitrogen and oxygen atoms in total. The summed E-state index contributed by atoms with van der Waals surface area (Å²) in [4.78, 5) is 10.9. The lowest BCUT2D eigenvalue weighted by Gasteiger charge is -2.36. The maximum Gasteiger partial charge on any atom is 0.303 e. The Labute approximate surface area is 119 Å². The molecule has 0 aromatic heterocycles. The Bertz CT molecular complexity index is 311. The Morgan fingerprint density at radius 3 is 2.21 bits per heavy atom. The quantitative estimate of drug-likeness (QED) is 0.412. The minimum Gasteiger partial charge on any atom is -0.459 e. The fourth-order valence-electron chi connectivity index (χ4n) is 3.22. The van der Waals surface area contributed by atoms with E-state index in [-0.39, 0.29) is 12.1 Å². The van der Waals surface area contributed by atoms with Crippen LogP contribution in [0.15, 0.2) is 12.2 Å². The summed E-state index contributed by atoms with van der Waals surface area (Å²) >= 11 is 0. The summed E-state index contributed by atoms with van der Waals surface area (Å²) in [5.41, 5.74) is 0.714. The zero-order chi connectivity index (χ0) is 14.5. The maximum atomic E-state index is 10.9. The second kappa shape index (κ2) is 7.27. The van der Waals surface area contributed by atoms with E-state index in [1.165, 1.54) is 39.0 Å². The van der Waals surface area contributed by atoms with Gasteiger partial charge in [-0.05, 0) is 24.5 Å². The summed E-state index contributed by atoms with van der Waals surface area (Å²) in [5, 5.41) is 0. The zero-order valence-corrected chi connectivity index (χ0v) is 14.2. The Balaban J connectivity index is 2.69. The van der Waals surface area contributed by atoms with Crippen LogP contribution in [0.25, 0.3) is 0 Å². The van der Waals surface area contributed by atoms with Gasteiger partial charge in [-0.15, -0.1) is 0 Å². The van der Waals surface area contributed by atoms with Gasteiger partial charge in [0.2, 0.25) is 0 Å². The van der Waals surface area contributed by atoms with E-state index in [2.05, 4.69) is 31.8 Å². The van der Waals surface area contributed by atoms with E-state index in [9.17, 15) is 4.79 Å². The molecular formula is C16H30O2Si. The van der Waals surface area contributed by atoms with Gasteiger partial charge in [0.05, 0.1) is 8.07 Å². The molecule has 0 aromatic rings. The van der Waals surface area contributed by atoms with Crippen molar-refractivity contribution in [1.29, 1.82) is 0 Å². The predicted molar refractivity (Wildman–Crippen MR) is 84.0 cm³/mol. The fraction of sp³-hybridized carbons (Fsp3) is 0.812. The lowest BCUT2D eigenvalue weighted by Crippen LogP contribution is -2.33. The molecule has 0 bridgehead atoms. The Kier molecular flexibility index (Phi) is 6.31. The van der Waals surface area contributed by atoms with Crippen molar-refractivity contribution >= 4 is 14.0 Å². The molecule has 0 radical (unpaired) electrons. The lowest BCUT2D eigenvalue weighted by atomic mass is 9.86. The highest BCUT2D eigenvalue weighted by Gasteiger charge is 2.32. The number of carbonyl (C=O) groups is 1. The monoisotopic (exact) mass is 282 g/mol. The zero-order valence-electron chi connectivity index (χ0n) is 13.2. The summed E-state index contributed by atoms with van der Waals surface area (Å²) < 4.78 is 5.19. The smallest absolute Gasteiger partial charge is 0.303 e. The molecule has 0 aromatic carbocycles. The van der Waals surface area contributed by atoms with Crippen molar-refractivity contribution in [1.82, 2.24) is 0 Å². The number of hydrogen-bond donors (Lipinski definition) is 0. The van der Waals surface area contributed by atoms with E-state index in [1.807, 2.05) is 6.92 Å². The molecule has 0 N–H and O–H groups in total. The third kappa shape index (κ3) is 5.94. The number of carbonyl (C=O) groups excluding carboxylic acids is 1. The van der Waals surface area contributed by atoms with Crippen LogP contribution < -0.4 is 0 Å².